The first-order valence-corrected chi connectivity index (χ1v) is 8.62. The monoisotopic (exact) mass is 344 g/mol. The standard InChI is InChI=1S/C18H24N4O3/c1-4-16-19-20-18(25-16)22-9-7-21(8-10-22)17(23)12-24-15-6-5-13(2)14(3)11-15/h5-6,11H,4,7-10,12H2,1-3H3. The van der Waals surface area contributed by atoms with Gasteiger partial charge in [0.25, 0.3) is 5.91 Å². The van der Waals surface area contributed by atoms with Crippen LogP contribution in [0, 0.1) is 13.8 Å². The number of benzene rings is 1. The number of anilines is 1. The number of nitrogens with zero attached hydrogens (tertiary/aromatic N) is 4. The number of aryl methyl sites for hydroxylation is 3. The molecule has 25 heavy (non-hydrogen) atoms. The number of rotatable bonds is 5. The molecule has 0 N–H and O–H groups in total. The SMILES string of the molecule is CCc1nnc(N2CCN(C(=O)COc3ccc(C)c(C)c3)CC2)o1. The molecule has 0 saturated carbocycles. The summed E-state index contributed by atoms with van der Waals surface area (Å²) in [7, 11) is 0. The predicted octanol–water partition coefficient (Wildman–Crippen LogP) is 1.98. The van der Waals surface area contributed by atoms with E-state index in [9.17, 15) is 4.79 Å². The highest BCUT2D eigenvalue weighted by molar-refractivity contribution is 5.78. The molecule has 0 atom stereocenters. The van der Waals surface area contributed by atoms with E-state index >= 15 is 0 Å². The van der Waals surface area contributed by atoms with E-state index in [1.807, 2.05) is 41.8 Å². The van der Waals surface area contributed by atoms with E-state index in [-0.39, 0.29) is 12.5 Å². The molecule has 1 saturated heterocycles. The third-order valence-electron chi connectivity index (χ3n) is 4.50. The Labute approximate surface area is 147 Å². The maximum Gasteiger partial charge on any atom is 0.318 e. The van der Waals surface area contributed by atoms with Crippen molar-refractivity contribution in [1.82, 2.24) is 15.1 Å². The van der Waals surface area contributed by atoms with Crippen molar-refractivity contribution in [1.29, 1.82) is 0 Å². The molecule has 1 aliphatic rings. The van der Waals surface area contributed by atoms with Crippen molar-refractivity contribution in [3.05, 3.63) is 35.2 Å². The molecule has 2 heterocycles. The topological polar surface area (TPSA) is 71.7 Å². The molecule has 0 bridgehead atoms. The average Bonchev–Trinajstić information content (AvgIpc) is 3.12. The highest BCUT2D eigenvalue weighted by atomic mass is 16.5. The van der Waals surface area contributed by atoms with Gasteiger partial charge >= 0.3 is 6.01 Å². The van der Waals surface area contributed by atoms with Crippen LogP contribution in [0.2, 0.25) is 0 Å². The minimum absolute atomic E-state index is 0.00217. The predicted molar refractivity (Wildman–Crippen MR) is 93.9 cm³/mol. The molecule has 0 aliphatic carbocycles. The van der Waals surface area contributed by atoms with Crippen LogP contribution in [-0.4, -0.2) is 53.8 Å². The molecule has 1 amide bonds. The van der Waals surface area contributed by atoms with Crippen LogP contribution >= 0.6 is 0 Å². The van der Waals surface area contributed by atoms with Crippen molar-refractivity contribution in [3.8, 4) is 5.75 Å². The van der Waals surface area contributed by atoms with Crippen molar-refractivity contribution in [3.63, 3.8) is 0 Å². The molecule has 2 aromatic rings. The van der Waals surface area contributed by atoms with Crippen molar-refractivity contribution in [2.45, 2.75) is 27.2 Å². The summed E-state index contributed by atoms with van der Waals surface area (Å²) in [5, 5.41) is 8.03. The largest absolute Gasteiger partial charge is 0.484 e. The Bertz CT molecular complexity index is 736. The summed E-state index contributed by atoms with van der Waals surface area (Å²) in [6.07, 6.45) is 0.723. The highest BCUT2D eigenvalue weighted by Gasteiger charge is 2.24. The molecule has 1 aromatic heterocycles. The lowest BCUT2D eigenvalue weighted by atomic mass is 10.1. The zero-order chi connectivity index (χ0) is 17.8. The quantitative estimate of drug-likeness (QED) is 0.826. The molecule has 3 rings (SSSR count). The summed E-state index contributed by atoms with van der Waals surface area (Å²) in [6.45, 7) is 8.73. The summed E-state index contributed by atoms with van der Waals surface area (Å²) in [6, 6.07) is 6.40. The second-order valence-corrected chi connectivity index (χ2v) is 6.23. The van der Waals surface area contributed by atoms with Gasteiger partial charge in [0, 0.05) is 32.6 Å². The summed E-state index contributed by atoms with van der Waals surface area (Å²) < 4.78 is 11.2. The highest BCUT2D eigenvalue weighted by Crippen LogP contribution is 2.17. The smallest absolute Gasteiger partial charge is 0.318 e. The van der Waals surface area contributed by atoms with E-state index in [4.69, 9.17) is 9.15 Å². The third kappa shape index (κ3) is 4.10. The van der Waals surface area contributed by atoms with Crippen LogP contribution in [0.25, 0.3) is 0 Å². The van der Waals surface area contributed by atoms with Gasteiger partial charge in [0.2, 0.25) is 5.89 Å². The van der Waals surface area contributed by atoms with E-state index in [2.05, 4.69) is 17.1 Å². The van der Waals surface area contributed by atoms with Gasteiger partial charge in [0.1, 0.15) is 5.75 Å². The molecule has 0 unspecified atom stereocenters. The first kappa shape index (κ1) is 17.3. The maximum atomic E-state index is 12.3. The van der Waals surface area contributed by atoms with E-state index in [1.165, 1.54) is 5.56 Å². The lowest BCUT2D eigenvalue weighted by Crippen LogP contribution is -2.50. The fourth-order valence-electron chi connectivity index (χ4n) is 2.70. The fraction of sp³-hybridized carbons (Fsp3) is 0.500. The average molecular weight is 344 g/mol. The summed E-state index contributed by atoms with van der Waals surface area (Å²) in [5.74, 6) is 1.36. The number of ether oxygens (including phenoxy) is 1. The minimum Gasteiger partial charge on any atom is -0.484 e. The van der Waals surface area contributed by atoms with Gasteiger partial charge < -0.3 is 19.0 Å². The van der Waals surface area contributed by atoms with Gasteiger partial charge in [-0.15, -0.1) is 5.10 Å². The molecular formula is C18H24N4O3. The number of hydrogen-bond donors (Lipinski definition) is 0. The fourth-order valence-corrected chi connectivity index (χ4v) is 2.70. The molecule has 1 aromatic carbocycles. The molecule has 7 nitrogen and oxygen atoms in total. The Morgan fingerprint density at radius 2 is 1.92 bits per heavy atom. The minimum atomic E-state index is -0.00217. The zero-order valence-corrected chi connectivity index (χ0v) is 15.0. The lowest BCUT2D eigenvalue weighted by molar-refractivity contribution is -0.133. The summed E-state index contributed by atoms with van der Waals surface area (Å²) in [4.78, 5) is 16.2. The Kier molecular flexibility index (Phi) is 5.21. The second-order valence-electron chi connectivity index (χ2n) is 6.23. The zero-order valence-electron chi connectivity index (χ0n) is 15.0. The molecule has 0 radical (unpaired) electrons. The van der Waals surface area contributed by atoms with Gasteiger partial charge in [0.15, 0.2) is 6.61 Å². The van der Waals surface area contributed by atoms with Gasteiger partial charge in [-0.2, -0.15) is 0 Å². The van der Waals surface area contributed by atoms with Crippen molar-refractivity contribution in [2.24, 2.45) is 0 Å². The van der Waals surface area contributed by atoms with Gasteiger partial charge in [-0.1, -0.05) is 18.1 Å². The molecule has 7 heteroatoms. The Hall–Kier alpha value is -2.57. The van der Waals surface area contributed by atoms with Crippen molar-refractivity contribution < 1.29 is 13.9 Å². The van der Waals surface area contributed by atoms with Crippen LogP contribution in [0.3, 0.4) is 0 Å². The lowest BCUT2D eigenvalue weighted by Gasteiger charge is -2.33. The third-order valence-corrected chi connectivity index (χ3v) is 4.50. The van der Waals surface area contributed by atoms with E-state index in [0.29, 0.717) is 38.1 Å². The molecule has 1 aliphatic heterocycles. The number of amides is 1. The normalized spacial score (nSPS) is 14.7. The molecular weight excluding hydrogens is 320 g/mol. The van der Waals surface area contributed by atoms with Gasteiger partial charge in [0.05, 0.1) is 0 Å². The van der Waals surface area contributed by atoms with Crippen LogP contribution in [0.15, 0.2) is 22.6 Å². The number of carbonyl (C=O) groups excluding carboxylic acids is 1. The van der Waals surface area contributed by atoms with Crippen LogP contribution in [0.1, 0.15) is 23.9 Å². The Balaban J connectivity index is 1.48. The number of carbonyl (C=O) groups is 1. The molecule has 1 fully saturated rings. The number of aromatic nitrogens is 2. The van der Waals surface area contributed by atoms with Gasteiger partial charge in [-0.25, -0.2) is 0 Å². The van der Waals surface area contributed by atoms with Crippen LogP contribution in [0.4, 0.5) is 6.01 Å². The van der Waals surface area contributed by atoms with Crippen molar-refractivity contribution in [2.75, 3.05) is 37.7 Å². The van der Waals surface area contributed by atoms with Crippen LogP contribution in [-0.2, 0) is 11.2 Å². The summed E-state index contributed by atoms with van der Waals surface area (Å²) in [5.41, 5.74) is 2.37. The van der Waals surface area contributed by atoms with Gasteiger partial charge in [-0.05, 0) is 37.1 Å². The second kappa shape index (κ2) is 7.55. The maximum absolute atomic E-state index is 12.3. The Morgan fingerprint density at radius 3 is 2.56 bits per heavy atom. The first-order valence-electron chi connectivity index (χ1n) is 8.62. The van der Waals surface area contributed by atoms with E-state index in [1.54, 1.807) is 0 Å². The number of piperazine rings is 1. The van der Waals surface area contributed by atoms with Crippen LogP contribution < -0.4 is 9.64 Å². The Morgan fingerprint density at radius 1 is 1.16 bits per heavy atom. The first-order chi connectivity index (χ1) is 12.1. The van der Waals surface area contributed by atoms with E-state index in [0.717, 1.165) is 17.7 Å². The van der Waals surface area contributed by atoms with Crippen molar-refractivity contribution >= 4 is 11.9 Å². The van der Waals surface area contributed by atoms with Crippen LogP contribution in [0.5, 0.6) is 5.75 Å². The molecule has 134 valence electrons. The number of hydrogen-bond acceptors (Lipinski definition) is 6. The molecule has 0 spiro atoms. The van der Waals surface area contributed by atoms with Gasteiger partial charge in [-0.3, -0.25) is 4.79 Å². The van der Waals surface area contributed by atoms with E-state index < -0.39 is 0 Å². The summed E-state index contributed by atoms with van der Waals surface area (Å²) >= 11 is 0.